The molecule has 0 aliphatic rings. The third-order valence-electron chi connectivity index (χ3n) is 4.04. The number of benzene rings is 2. The van der Waals surface area contributed by atoms with Crippen LogP contribution in [0.4, 0.5) is 0 Å². The van der Waals surface area contributed by atoms with Gasteiger partial charge in [-0.2, -0.15) is 5.21 Å². The molecular weight excluding hydrogens is 332 g/mol. The molecule has 26 heavy (non-hydrogen) atoms. The lowest BCUT2D eigenvalue weighted by molar-refractivity contribution is 0.0691. The Bertz CT molecular complexity index is 1060. The lowest BCUT2D eigenvalue weighted by Crippen LogP contribution is -1.98. The molecule has 2 aromatic heterocycles. The maximum atomic E-state index is 11.0. The van der Waals surface area contributed by atoms with Crippen LogP contribution in [0.3, 0.4) is 0 Å². The molecule has 0 amide bonds. The molecule has 0 radical (unpaired) electrons. The minimum absolute atomic E-state index is 0.0738. The molecule has 2 heterocycles. The molecule has 0 atom stereocenters. The van der Waals surface area contributed by atoms with E-state index in [-0.39, 0.29) is 5.69 Å². The highest BCUT2D eigenvalue weighted by molar-refractivity contribution is 5.85. The fraction of sp³-hybridized carbons (Fsp3) is 0.0556. The number of hydrogen-bond donors (Lipinski definition) is 3. The second kappa shape index (κ2) is 6.60. The van der Waals surface area contributed by atoms with E-state index in [1.165, 1.54) is 6.20 Å². The van der Waals surface area contributed by atoms with Gasteiger partial charge in [-0.3, -0.25) is 0 Å². The predicted octanol–water partition coefficient (Wildman–Crippen LogP) is 2.55. The van der Waals surface area contributed by atoms with E-state index in [1.807, 2.05) is 48.5 Å². The molecule has 4 rings (SSSR count). The minimum Gasteiger partial charge on any atom is -0.477 e. The summed E-state index contributed by atoms with van der Waals surface area (Å²) in [5.74, 6) is 0.0768. The number of aromatic carboxylic acids is 1. The van der Waals surface area contributed by atoms with E-state index in [2.05, 4.69) is 30.6 Å². The number of H-pyrrole nitrogens is 2. The first kappa shape index (κ1) is 15.7. The van der Waals surface area contributed by atoms with Crippen molar-refractivity contribution in [1.82, 2.24) is 30.6 Å². The van der Waals surface area contributed by atoms with Gasteiger partial charge in [-0.25, -0.2) is 9.78 Å². The van der Waals surface area contributed by atoms with Crippen molar-refractivity contribution in [3.05, 3.63) is 71.8 Å². The van der Waals surface area contributed by atoms with Crippen LogP contribution >= 0.6 is 0 Å². The van der Waals surface area contributed by atoms with Crippen molar-refractivity contribution in [1.29, 1.82) is 0 Å². The van der Waals surface area contributed by atoms with Gasteiger partial charge < -0.3 is 10.1 Å². The molecule has 2 aromatic carbocycles. The third-order valence-corrected chi connectivity index (χ3v) is 4.04. The average molecular weight is 346 g/mol. The Morgan fingerprint density at radius 1 is 1.00 bits per heavy atom. The predicted molar refractivity (Wildman–Crippen MR) is 93.4 cm³/mol. The lowest BCUT2D eigenvalue weighted by Gasteiger charge is -2.11. The fourth-order valence-electron chi connectivity index (χ4n) is 2.87. The van der Waals surface area contributed by atoms with Crippen LogP contribution in [0.5, 0.6) is 0 Å². The molecule has 0 fully saturated rings. The first-order valence-electron chi connectivity index (χ1n) is 7.90. The average Bonchev–Trinajstić information content (AvgIpc) is 3.34. The Balaban J connectivity index is 1.76. The molecule has 8 nitrogen and oxygen atoms in total. The lowest BCUT2D eigenvalue weighted by atomic mass is 9.93. The number of nitrogens with one attached hydrogen (secondary N) is 2. The van der Waals surface area contributed by atoms with E-state index in [4.69, 9.17) is 5.11 Å². The maximum Gasteiger partial charge on any atom is 0.353 e. The molecular formula is C18H14N6O2. The van der Waals surface area contributed by atoms with E-state index in [0.29, 0.717) is 18.1 Å². The van der Waals surface area contributed by atoms with Crippen molar-refractivity contribution >= 4 is 5.97 Å². The summed E-state index contributed by atoms with van der Waals surface area (Å²) in [6, 6.07) is 15.7. The Hall–Kier alpha value is -3.81. The summed E-state index contributed by atoms with van der Waals surface area (Å²) >= 11 is 0. The second-order valence-electron chi connectivity index (χ2n) is 5.66. The van der Waals surface area contributed by atoms with Crippen LogP contribution in [0, 0.1) is 0 Å². The fourth-order valence-corrected chi connectivity index (χ4v) is 2.87. The molecule has 3 N–H and O–H groups in total. The molecule has 0 spiro atoms. The number of carboxylic acid groups (broad SMARTS) is 1. The second-order valence-corrected chi connectivity index (χ2v) is 5.66. The van der Waals surface area contributed by atoms with Gasteiger partial charge in [0, 0.05) is 12.0 Å². The van der Waals surface area contributed by atoms with Gasteiger partial charge in [0.15, 0.2) is 0 Å². The summed E-state index contributed by atoms with van der Waals surface area (Å²) in [6.07, 6.45) is 1.80. The Morgan fingerprint density at radius 2 is 1.73 bits per heavy atom. The van der Waals surface area contributed by atoms with Crippen molar-refractivity contribution in [2.24, 2.45) is 0 Å². The maximum absolute atomic E-state index is 11.0. The molecule has 0 bridgehead atoms. The molecule has 0 saturated carbocycles. The summed E-state index contributed by atoms with van der Waals surface area (Å²) in [6.45, 7) is 0. The van der Waals surface area contributed by atoms with Crippen LogP contribution in [0.1, 0.15) is 21.9 Å². The Kier molecular flexibility index (Phi) is 3.98. The quantitative estimate of drug-likeness (QED) is 0.511. The standard InChI is InChI=1S/C18H14N6O2/c25-18(26)15-10-19-16(20-15)9-11-5-1-2-6-12(11)13-7-3-4-8-14(13)17-21-23-24-22-17/h1-8,10H,9H2,(H,19,20)(H,25,26)(H,21,22,23,24). The Morgan fingerprint density at radius 3 is 2.42 bits per heavy atom. The van der Waals surface area contributed by atoms with E-state index in [9.17, 15) is 4.79 Å². The Labute approximate surface area is 147 Å². The highest BCUT2D eigenvalue weighted by Crippen LogP contribution is 2.32. The van der Waals surface area contributed by atoms with E-state index < -0.39 is 5.97 Å². The summed E-state index contributed by atoms with van der Waals surface area (Å²) in [4.78, 5) is 18.0. The number of carboxylic acids is 1. The minimum atomic E-state index is -1.03. The van der Waals surface area contributed by atoms with Gasteiger partial charge in [-0.05, 0) is 21.9 Å². The van der Waals surface area contributed by atoms with E-state index in [0.717, 1.165) is 22.3 Å². The number of rotatable bonds is 5. The number of nitrogens with zero attached hydrogens (tertiary/aromatic N) is 4. The highest BCUT2D eigenvalue weighted by Gasteiger charge is 2.15. The molecule has 128 valence electrons. The van der Waals surface area contributed by atoms with Crippen LogP contribution in [-0.4, -0.2) is 41.7 Å². The first-order valence-corrected chi connectivity index (χ1v) is 7.90. The van der Waals surface area contributed by atoms with Crippen molar-refractivity contribution in [3.63, 3.8) is 0 Å². The van der Waals surface area contributed by atoms with Gasteiger partial charge in [-0.1, -0.05) is 48.5 Å². The number of aromatic nitrogens is 6. The monoisotopic (exact) mass is 346 g/mol. The molecule has 0 unspecified atom stereocenters. The summed E-state index contributed by atoms with van der Waals surface area (Å²) in [5.41, 5.74) is 3.91. The normalized spacial score (nSPS) is 10.8. The zero-order valence-electron chi connectivity index (χ0n) is 13.5. The molecule has 0 aliphatic heterocycles. The zero-order chi connectivity index (χ0) is 17.9. The third kappa shape index (κ3) is 2.95. The molecule has 4 aromatic rings. The smallest absolute Gasteiger partial charge is 0.353 e. The van der Waals surface area contributed by atoms with Crippen LogP contribution in [-0.2, 0) is 6.42 Å². The highest BCUT2D eigenvalue weighted by atomic mass is 16.4. The van der Waals surface area contributed by atoms with Gasteiger partial charge in [0.05, 0.1) is 6.20 Å². The summed E-state index contributed by atoms with van der Waals surface area (Å²) < 4.78 is 0. The van der Waals surface area contributed by atoms with Crippen LogP contribution in [0.25, 0.3) is 22.5 Å². The number of carbonyl (C=O) groups is 1. The number of tetrazole rings is 1. The van der Waals surface area contributed by atoms with Crippen molar-refractivity contribution < 1.29 is 9.90 Å². The van der Waals surface area contributed by atoms with Crippen LogP contribution < -0.4 is 0 Å². The molecule has 0 saturated heterocycles. The molecule has 8 heteroatoms. The number of aromatic amines is 2. The number of hydrogen-bond acceptors (Lipinski definition) is 5. The SMILES string of the molecule is O=C(O)c1cnc(Cc2ccccc2-c2ccccc2-c2nn[nH]n2)[nH]1. The van der Waals surface area contributed by atoms with Gasteiger partial charge in [0.2, 0.25) is 5.82 Å². The summed E-state index contributed by atoms with van der Waals surface area (Å²) in [7, 11) is 0. The molecule has 0 aliphatic carbocycles. The summed E-state index contributed by atoms with van der Waals surface area (Å²) in [5, 5.41) is 23.3. The largest absolute Gasteiger partial charge is 0.477 e. The first-order chi connectivity index (χ1) is 12.7. The van der Waals surface area contributed by atoms with Gasteiger partial charge in [0.25, 0.3) is 0 Å². The van der Waals surface area contributed by atoms with Crippen molar-refractivity contribution in [3.8, 4) is 22.5 Å². The van der Waals surface area contributed by atoms with Crippen LogP contribution in [0.15, 0.2) is 54.7 Å². The van der Waals surface area contributed by atoms with E-state index >= 15 is 0 Å². The van der Waals surface area contributed by atoms with Crippen LogP contribution in [0.2, 0.25) is 0 Å². The van der Waals surface area contributed by atoms with Crippen molar-refractivity contribution in [2.75, 3.05) is 0 Å². The van der Waals surface area contributed by atoms with Gasteiger partial charge in [0.1, 0.15) is 11.5 Å². The zero-order valence-corrected chi connectivity index (χ0v) is 13.5. The van der Waals surface area contributed by atoms with Gasteiger partial charge in [-0.15, -0.1) is 10.2 Å². The van der Waals surface area contributed by atoms with E-state index in [1.54, 1.807) is 0 Å². The van der Waals surface area contributed by atoms with Gasteiger partial charge >= 0.3 is 5.97 Å². The number of imidazole rings is 1. The van der Waals surface area contributed by atoms with Crippen molar-refractivity contribution in [2.45, 2.75) is 6.42 Å². The topological polar surface area (TPSA) is 120 Å².